The zero-order chi connectivity index (χ0) is 21.4. The standard InChI is InChI=1S/C21H23N5O5/c1-25-19-15(9-24-25)20(28)26(12-23-19)10-18(27)22-11-21(4-6-29-7-5-21)14-2-3-16-17(8-14)31-13-30-16/h2-3,8-9,12H,4-7,10-11,13H2,1H3,(H,22,27). The molecule has 0 aliphatic carbocycles. The van der Waals surface area contributed by atoms with Gasteiger partial charge in [0.1, 0.15) is 18.3 Å². The molecule has 1 aromatic carbocycles. The summed E-state index contributed by atoms with van der Waals surface area (Å²) in [6.07, 6.45) is 4.40. The Morgan fingerprint density at radius 3 is 2.87 bits per heavy atom. The normalized spacial score (nSPS) is 17.1. The fourth-order valence-electron chi connectivity index (χ4n) is 4.21. The molecule has 0 atom stereocenters. The molecular formula is C21H23N5O5. The van der Waals surface area contributed by atoms with Gasteiger partial charge in [0.05, 0.1) is 6.20 Å². The summed E-state index contributed by atoms with van der Waals surface area (Å²) < 4.78 is 19.4. The van der Waals surface area contributed by atoms with E-state index < -0.39 is 0 Å². The lowest BCUT2D eigenvalue weighted by Gasteiger charge is -2.38. The van der Waals surface area contributed by atoms with Crippen molar-refractivity contribution in [2.45, 2.75) is 24.8 Å². The van der Waals surface area contributed by atoms with Crippen molar-refractivity contribution in [3.8, 4) is 11.5 Å². The minimum Gasteiger partial charge on any atom is -0.454 e. The van der Waals surface area contributed by atoms with E-state index in [1.807, 2.05) is 18.2 Å². The third-order valence-corrected chi connectivity index (χ3v) is 6.09. The molecule has 0 bridgehead atoms. The molecule has 1 amide bonds. The van der Waals surface area contributed by atoms with Gasteiger partial charge in [-0.25, -0.2) is 4.98 Å². The van der Waals surface area contributed by atoms with Crippen molar-refractivity contribution in [1.82, 2.24) is 24.6 Å². The Hall–Kier alpha value is -3.40. The average molecular weight is 425 g/mol. The zero-order valence-electron chi connectivity index (χ0n) is 17.2. The Morgan fingerprint density at radius 2 is 2.03 bits per heavy atom. The molecule has 1 saturated heterocycles. The second kappa shape index (κ2) is 7.69. The van der Waals surface area contributed by atoms with Crippen molar-refractivity contribution in [3.63, 3.8) is 0 Å². The Kier molecular flexibility index (Phi) is 4.85. The van der Waals surface area contributed by atoms with Gasteiger partial charge in [0, 0.05) is 32.2 Å². The van der Waals surface area contributed by atoms with Crippen LogP contribution in [0.15, 0.2) is 35.5 Å². The highest BCUT2D eigenvalue weighted by molar-refractivity contribution is 5.77. The number of ether oxygens (including phenoxy) is 3. The Morgan fingerprint density at radius 1 is 1.23 bits per heavy atom. The Balaban J connectivity index is 1.33. The molecule has 0 radical (unpaired) electrons. The largest absolute Gasteiger partial charge is 0.454 e. The van der Waals surface area contributed by atoms with Crippen LogP contribution in [0.3, 0.4) is 0 Å². The van der Waals surface area contributed by atoms with Gasteiger partial charge in [-0.1, -0.05) is 6.07 Å². The lowest BCUT2D eigenvalue weighted by molar-refractivity contribution is -0.122. The highest BCUT2D eigenvalue weighted by atomic mass is 16.7. The van der Waals surface area contributed by atoms with E-state index in [0.29, 0.717) is 30.8 Å². The van der Waals surface area contributed by atoms with Crippen molar-refractivity contribution >= 4 is 16.9 Å². The van der Waals surface area contributed by atoms with Gasteiger partial charge in [0.2, 0.25) is 12.7 Å². The summed E-state index contributed by atoms with van der Waals surface area (Å²) in [5, 5.41) is 7.45. The first-order chi connectivity index (χ1) is 15.1. The van der Waals surface area contributed by atoms with Crippen molar-refractivity contribution in [1.29, 1.82) is 0 Å². The number of aromatic nitrogens is 4. The van der Waals surface area contributed by atoms with E-state index >= 15 is 0 Å². The van der Waals surface area contributed by atoms with Crippen LogP contribution in [0.5, 0.6) is 11.5 Å². The Bertz CT molecular complexity index is 1190. The van der Waals surface area contributed by atoms with Crippen LogP contribution >= 0.6 is 0 Å². The topological polar surface area (TPSA) is 110 Å². The molecule has 0 unspecified atom stereocenters. The van der Waals surface area contributed by atoms with E-state index in [1.54, 1.807) is 7.05 Å². The summed E-state index contributed by atoms with van der Waals surface area (Å²) in [6.45, 7) is 1.78. The summed E-state index contributed by atoms with van der Waals surface area (Å²) in [5.41, 5.74) is 1.01. The van der Waals surface area contributed by atoms with Crippen molar-refractivity contribution in [2.75, 3.05) is 26.6 Å². The molecule has 3 aromatic rings. The van der Waals surface area contributed by atoms with Crippen LogP contribution in [0.4, 0.5) is 0 Å². The van der Waals surface area contributed by atoms with E-state index in [-0.39, 0.29) is 30.2 Å². The highest BCUT2D eigenvalue weighted by Crippen LogP contribution is 2.40. The van der Waals surface area contributed by atoms with Crippen molar-refractivity contribution in [3.05, 3.63) is 46.6 Å². The smallest absolute Gasteiger partial charge is 0.264 e. The lowest BCUT2D eigenvalue weighted by Crippen LogP contribution is -2.45. The van der Waals surface area contributed by atoms with Crippen LogP contribution in [-0.4, -0.2) is 51.8 Å². The van der Waals surface area contributed by atoms with Crippen LogP contribution in [0.1, 0.15) is 18.4 Å². The van der Waals surface area contributed by atoms with Crippen LogP contribution < -0.4 is 20.3 Å². The second-order valence-corrected chi connectivity index (χ2v) is 7.92. The van der Waals surface area contributed by atoms with Gasteiger partial charge >= 0.3 is 0 Å². The van der Waals surface area contributed by atoms with Gasteiger partial charge in [0.25, 0.3) is 5.56 Å². The maximum absolute atomic E-state index is 12.7. The van der Waals surface area contributed by atoms with Gasteiger partial charge in [0.15, 0.2) is 17.1 Å². The number of nitrogens with one attached hydrogen (secondary N) is 1. The second-order valence-electron chi connectivity index (χ2n) is 7.92. The molecule has 1 fully saturated rings. The highest BCUT2D eigenvalue weighted by Gasteiger charge is 2.36. The van der Waals surface area contributed by atoms with Gasteiger partial charge in [-0.05, 0) is 30.5 Å². The summed E-state index contributed by atoms with van der Waals surface area (Å²) in [4.78, 5) is 29.6. The van der Waals surface area contributed by atoms with Crippen LogP contribution in [0, 0.1) is 0 Å². The number of rotatable bonds is 5. The van der Waals surface area contributed by atoms with Crippen molar-refractivity contribution < 1.29 is 19.0 Å². The summed E-state index contributed by atoms with van der Waals surface area (Å²) >= 11 is 0. The van der Waals surface area contributed by atoms with E-state index in [0.717, 1.165) is 29.9 Å². The molecule has 2 aliphatic heterocycles. The molecule has 10 nitrogen and oxygen atoms in total. The van der Waals surface area contributed by atoms with Crippen LogP contribution in [0.2, 0.25) is 0 Å². The van der Waals surface area contributed by atoms with Gasteiger partial charge < -0.3 is 19.5 Å². The number of carbonyl (C=O) groups is 1. The van der Waals surface area contributed by atoms with Gasteiger partial charge in [-0.2, -0.15) is 5.10 Å². The first kappa shape index (κ1) is 19.6. The predicted molar refractivity (Wildman–Crippen MR) is 110 cm³/mol. The number of fused-ring (bicyclic) bond motifs is 2. The number of carbonyl (C=O) groups excluding carboxylic acids is 1. The number of nitrogens with zero attached hydrogens (tertiary/aromatic N) is 4. The molecule has 2 aliphatic rings. The lowest BCUT2D eigenvalue weighted by atomic mass is 9.74. The van der Waals surface area contributed by atoms with Crippen LogP contribution in [0.25, 0.3) is 11.0 Å². The summed E-state index contributed by atoms with van der Waals surface area (Å²) in [6, 6.07) is 5.92. The van der Waals surface area contributed by atoms with Crippen molar-refractivity contribution in [2.24, 2.45) is 7.05 Å². The third-order valence-electron chi connectivity index (χ3n) is 6.09. The molecular weight excluding hydrogens is 402 g/mol. The molecule has 5 rings (SSSR count). The van der Waals surface area contributed by atoms with E-state index in [4.69, 9.17) is 14.2 Å². The summed E-state index contributed by atoms with van der Waals surface area (Å²) in [7, 11) is 1.72. The molecule has 0 saturated carbocycles. The minimum atomic E-state index is -0.287. The van der Waals surface area contributed by atoms with E-state index in [1.165, 1.54) is 21.8 Å². The minimum absolute atomic E-state index is 0.107. The monoisotopic (exact) mass is 425 g/mol. The fraction of sp³-hybridized carbons (Fsp3) is 0.429. The van der Waals surface area contributed by atoms with E-state index in [2.05, 4.69) is 15.4 Å². The van der Waals surface area contributed by atoms with Gasteiger partial charge in [-0.3, -0.25) is 18.8 Å². The van der Waals surface area contributed by atoms with Gasteiger partial charge in [-0.15, -0.1) is 0 Å². The predicted octanol–water partition coefficient (Wildman–Crippen LogP) is 0.723. The maximum atomic E-state index is 12.7. The molecule has 4 heterocycles. The first-order valence-corrected chi connectivity index (χ1v) is 10.2. The number of hydrogen-bond donors (Lipinski definition) is 1. The zero-order valence-corrected chi connectivity index (χ0v) is 17.2. The van der Waals surface area contributed by atoms with E-state index in [9.17, 15) is 9.59 Å². The Labute approximate surface area is 177 Å². The van der Waals surface area contributed by atoms with Crippen LogP contribution in [-0.2, 0) is 28.5 Å². The number of benzene rings is 1. The first-order valence-electron chi connectivity index (χ1n) is 10.2. The molecule has 31 heavy (non-hydrogen) atoms. The molecule has 162 valence electrons. The SMILES string of the molecule is Cn1ncc2c(=O)n(CC(=O)NCC3(c4ccc5c(c4)OCO5)CCOCC3)cnc21. The number of aryl methyl sites for hydroxylation is 1. The average Bonchev–Trinajstić information content (AvgIpc) is 3.41. The summed E-state index contributed by atoms with van der Waals surface area (Å²) in [5.74, 6) is 1.20. The molecule has 2 aromatic heterocycles. The third kappa shape index (κ3) is 3.52. The molecule has 10 heteroatoms. The number of amides is 1. The molecule has 0 spiro atoms. The quantitative estimate of drug-likeness (QED) is 0.642. The fourth-order valence-corrected chi connectivity index (χ4v) is 4.21. The maximum Gasteiger partial charge on any atom is 0.264 e. The number of hydrogen-bond acceptors (Lipinski definition) is 7. The molecule has 1 N–H and O–H groups in total.